The molecule has 3 aromatic rings. The smallest absolute Gasteiger partial charge is 0.329 e. The second-order valence-corrected chi connectivity index (χ2v) is 14.6. The maximum atomic E-state index is 13.0. The third-order valence-corrected chi connectivity index (χ3v) is 9.96. The van der Waals surface area contributed by atoms with Crippen LogP contribution in [0.25, 0.3) is 10.9 Å². The Morgan fingerprint density at radius 3 is 2.02 bits per heavy atom. The molecule has 2 aromatic carbocycles. The molecule has 0 radical (unpaired) electrons. The number of carbonyl (C=O) groups excluding carboxylic acids is 2. The highest BCUT2D eigenvalue weighted by Crippen LogP contribution is 2.18. The minimum absolute atomic E-state index is 0.111. The number of halogens is 1. The first-order chi connectivity index (χ1) is 26.3. The molecule has 0 aliphatic carbocycles. The van der Waals surface area contributed by atoms with Crippen molar-refractivity contribution in [3.05, 3.63) is 81.1 Å². The van der Waals surface area contributed by atoms with Gasteiger partial charge in [0.25, 0.3) is 5.91 Å². The van der Waals surface area contributed by atoms with Crippen molar-refractivity contribution < 1.29 is 29.0 Å². The van der Waals surface area contributed by atoms with Crippen molar-refractivity contribution in [2.75, 3.05) is 39.5 Å². The lowest BCUT2D eigenvalue weighted by atomic mass is 10.0. The number of para-hydroxylation sites is 1. The summed E-state index contributed by atoms with van der Waals surface area (Å²) in [7, 11) is 0. The molecule has 3 N–H and O–H groups in total. The van der Waals surface area contributed by atoms with Gasteiger partial charge in [0.1, 0.15) is 12.6 Å². The van der Waals surface area contributed by atoms with Gasteiger partial charge in [-0.05, 0) is 42.3 Å². The molecule has 1 unspecified atom stereocenters. The monoisotopic (exact) mass is 767 g/mol. The fourth-order valence-corrected chi connectivity index (χ4v) is 6.68. The fourth-order valence-electron chi connectivity index (χ4n) is 6.55. The van der Waals surface area contributed by atoms with Gasteiger partial charge < -0.3 is 24.9 Å². The van der Waals surface area contributed by atoms with Crippen molar-refractivity contribution in [3.63, 3.8) is 0 Å². The van der Waals surface area contributed by atoms with Gasteiger partial charge in [-0.2, -0.15) is 0 Å². The lowest BCUT2D eigenvalue weighted by Crippen LogP contribution is -2.44. The van der Waals surface area contributed by atoms with E-state index in [1.807, 2.05) is 18.2 Å². The highest BCUT2D eigenvalue weighted by molar-refractivity contribution is 6.30. The Labute approximate surface area is 326 Å². The van der Waals surface area contributed by atoms with Gasteiger partial charge in [-0.25, -0.2) is 4.79 Å². The molecule has 0 saturated carbocycles. The molecular formula is C43H62ClN3O7. The van der Waals surface area contributed by atoms with E-state index in [4.69, 9.17) is 26.2 Å². The van der Waals surface area contributed by atoms with Crippen LogP contribution in [0.3, 0.4) is 0 Å². The zero-order chi connectivity index (χ0) is 38.8. The largest absolute Gasteiger partial charge is 0.481 e. The van der Waals surface area contributed by atoms with Crippen molar-refractivity contribution in [2.45, 2.75) is 122 Å². The third-order valence-electron chi connectivity index (χ3n) is 9.71. The zero-order valence-electron chi connectivity index (χ0n) is 32.3. The average Bonchev–Trinajstić information content (AvgIpc) is 3.16. The Kier molecular flexibility index (Phi) is 22.3. The summed E-state index contributed by atoms with van der Waals surface area (Å²) in [5.74, 6) is -1.64. The van der Waals surface area contributed by atoms with E-state index >= 15 is 0 Å². The second kappa shape index (κ2) is 26.9. The van der Waals surface area contributed by atoms with Crippen molar-refractivity contribution in [1.82, 2.24) is 15.2 Å². The van der Waals surface area contributed by atoms with Crippen LogP contribution in [0.2, 0.25) is 5.02 Å². The Bertz CT molecular complexity index is 1570. The van der Waals surface area contributed by atoms with Crippen molar-refractivity contribution in [2.24, 2.45) is 0 Å². The molecule has 298 valence electrons. The van der Waals surface area contributed by atoms with E-state index in [1.54, 1.807) is 30.3 Å². The predicted octanol–water partition coefficient (Wildman–Crippen LogP) is 8.73. The quantitative estimate of drug-likeness (QED) is 0.0608. The number of unbranched alkanes of at least 4 members (excludes halogenated alkanes) is 14. The number of nitrogens with one attached hydrogen (secondary N) is 2. The fraction of sp³-hybridized carbons (Fsp3) is 0.581. The van der Waals surface area contributed by atoms with Gasteiger partial charge in [0.05, 0.1) is 13.2 Å². The molecule has 54 heavy (non-hydrogen) atoms. The molecule has 1 aromatic heterocycles. The number of hydrogen-bond acceptors (Lipinski definition) is 7. The molecule has 1 saturated heterocycles. The molecule has 11 heteroatoms. The Morgan fingerprint density at radius 1 is 0.852 bits per heavy atom. The van der Waals surface area contributed by atoms with Crippen LogP contribution >= 0.6 is 11.6 Å². The number of morpholine rings is 1. The molecule has 2 heterocycles. The number of H-pyrrole nitrogens is 1. The molecule has 1 aliphatic heterocycles. The van der Waals surface area contributed by atoms with E-state index in [1.165, 1.54) is 89.5 Å². The van der Waals surface area contributed by atoms with Gasteiger partial charge in [-0.15, -0.1) is 0 Å². The minimum Gasteiger partial charge on any atom is -0.481 e. The molecule has 1 amide bonds. The number of aliphatic carboxylic acids is 1. The summed E-state index contributed by atoms with van der Waals surface area (Å²) < 4.78 is 10.9. The Hall–Kier alpha value is -3.73. The number of nitrogens with zero attached hydrogens (tertiary/aromatic N) is 1. The Morgan fingerprint density at radius 2 is 1.43 bits per heavy atom. The summed E-state index contributed by atoms with van der Waals surface area (Å²) in [6.07, 6.45) is 20.3. The van der Waals surface area contributed by atoms with Crippen LogP contribution in [0.4, 0.5) is 0 Å². The summed E-state index contributed by atoms with van der Waals surface area (Å²) >= 11 is 5.92. The number of fused-ring (bicyclic) bond motifs is 1. The second-order valence-electron chi connectivity index (χ2n) is 14.2. The number of carbonyl (C=O) groups is 3. The van der Waals surface area contributed by atoms with Gasteiger partial charge in [0.15, 0.2) is 0 Å². The number of esters is 1. The van der Waals surface area contributed by atoms with E-state index in [9.17, 15) is 19.2 Å². The number of carboxylic acids is 1. The number of benzene rings is 2. The van der Waals surface area contributed by atoms with Gasteiger partial charge >= 0.3 is 11.9 Å². The number of ether oxygens (including phenoxy) is 2. The number of aromatic amines is 1. The van der Waals surface area contributed by atoms with Gasteiger partial charge in [0.2, 0.25) is 5.56 Å². The molecule has 1 fully saturated rings. The first-order valence-corrected chi connectivity index (χ1v) is 20.5. The maximum absolute atomic E-state index is 13.0. The average molecular weight is 768 g/mol. The summed E-state index contributed by atoms with van der Waals surface area (Å²) in [4.78, 5) is 53.4. The number of rotatable bonds is 24. The van der Waals surface area contributed by atoms with Gasteiger partial charge in [-0.1, -0.05) is 127 Å². The lowest BCUT2D eigenvalue weighted by molar-refractivity contribution is -0.146. The van der Waals surface area contributed by atoms with Crippen LogP contribution in [0.5, 0.6) is 0 Å². The highest BCUT2D eigenvalue weighted by atomic mass is 35.5. The van der Waals surface area contributed by atoms with E-state index in [0.717, 1.165) is 31.3 Å². The molecule has 1 aliphatic rings. The lowest BCUT2D eigenvalue weighted by Gasteiger charge is -2.26. The normalized spacial score (nSPS) is 13.5. The number of aromatic nitrogens is 1. The molecular weight excluding hydrogens is 706 g/mol. The number of pyridine rings is 1. The van der Waals surface area contributed by atoms with Crippen LogP contribution < -0.4 is 10.9 Å². The predicted molar refractivity (Wildman–Crippen MR) is 216 cm³/mol. The van der Waals surface area contributed by atoms with Crippen molar-refractivity contribution >= 4 is 40.3 Å². The SMILES string of the molecule is CCCCCCCCCCCCCCCCCC(=O)O.O=C(NC(Cc1cc(=O)[nH]c2ccccc12)C(=O)OCCN1CCOCC1)c1ccc(Cl)cc1. The molecule has 10 nitrogen and oxygen atoms in total. The number of hydrogen-bond donors (Lipinski definition) is 3. The molecule has 1 atom stereocenters. The minimum atomic E-state index is -0.974. The van der Waals surface area contributed by atoms with Crippen molar-refractivity contribution in [3.8, 4) is 0 Å². The zero-order valence-corrected chi connectivity index (χ0v) is 33.0. The van der Waals surface area contributed by atoms with Crippen LogP contribution in [0.1, 0.15) is 126 Å². The summed E-state index contributed by atoms with van der Waals surface area (Å²) in [6, 6.07) is 14.2. The van der Waals surface area contributed by atoms with E-state index < -0.39 is 23.9 Å². The standard InChI is InChI=1S/C25H26ClN3O5.C18H36O2/c26-19-7-5-17(6-8-19)24(31)28-22(25(32)34-14-11-29-9-12-33-13-10-29)15-18-16-23(30)27-21-4-2-1-3-20(18)21;1-2-3-4-5-6-7-8-9-10-11-12-13-14-15-16-17-18(19)20/h1-8,16,22H,9-15H2,(H,27,30)(H,28,31);2-17H2,1H3,(H,19,20). The first kappa shape index (κ1) is 44.7. The van der Waals surface area contributed by atoms with Crippen LogP contribution in [0, 0.1) is 0 Å². The molecule has 0 bridgehead atoms. The molecule has 4 rings (SSSR count). The summed E-state index contributed by atoms with van der Waals surface area (Å²) in [6.45, 7) is 5.93. The van der Waals surface area contributed by atoms with Gasteiger partial charge in [-0.3, -0.25) is 19.3 Å². The first-order valence-electron chi connectivity index (χ1n) is 20.1. The van der Waals surface area contributed by atoms with Crippen LogP contribution in [-0.2, 0) is 25.5 Å². The van der Waals surface area contributed by atoms with Crippen molar-refractivity contribution in [1.29, 1.82) is 0 Å². The molecule has 0 spiro atoms. The number of carboxylic acid groups (broad SMARTS) is 1. The van der Waals surface area contributed by atoms with E-state index in [0.29, 0.717) is 47.8 Å². The number of amides is 1. The van der Waals surface area contributed by atoms with Crippen LogP contribution in [-0.4, -0.2) is 78.3 Å². The third kappa shape index (κ3) is 18.5. The van der Waals surface area contributed by atoms with E-state index in [2.05, 4.69) is 22.1 Å². The maximum Gasteiger partial charge on any atom is 0.329 e. The van der Waals surface area contributed by atoms with E-state index in [-0.39, 0.29) is 18.6 Å². The highest BCUT2D eigenvalue weighted by Gasteiger charge is 2.25. The summed E-state index contributed by atoms with van der Waals surface area (Å²) in [5.41, 5.74) is 1.39. The van der Waals surface area contributed by atoms with Crippen LogP contribution in [0.15, 0.2) is 59.4 Å². The topological polar surface area (TPSA) is 138 Å². The van der Waals surface area contributed by atoms with Gasteiger partial charge in [0, 0.05) is 60.0 Å². The Balaban J connectivity index is 0.000000337. The summed E-state index contributed by atoms with van der Waals surface area (Å²) in [5, 5.41) is 12.6.